The lowest BCUT2D eigenvalue weighted by atomic mass is 9.95. The highest BCUT2D eigenvalue weighted by molar-refractivity contribution is 9.10. The molecule has 13 heteroatoms. The summed E-state index contributed by atoms with van der Waals surface area (Å²) in [6, 6.07) is 15.5. The number of benzene rings is 2. The maximum absolute atomic E-state index is 14.1. The molecule has 0 aliphatic carbocycles. The average molecular weight is 787 g/mol. The fourth-order valence-electron chi connectivity index (χ4n) is 6.24. The molecule has 2 aromatic carbocycles. The first-order chi connectivity index (χ1) is 24.3. The van der Waals surface area contributed by atoms with Crippen LogP contribution >= 0.6 is 15.9 Å². The Bertz CT molecular complexity index is 1550. The molecular weight excluding hydrogens is 730 g/mol. The Hall–Kier alpha value is -4.00. The molecule has 52 heavy (non-hydrogen) atoms. The first-order valence-corrected chi connectivity index (χ1v) is 18.9. The van der Waals surface area contributed by atoms with Crippen molar-refractivity contribution in [2.24, 2.45) is 5.92 Å². The third-order valence-electron chi connectivity index (χ3n) is 8.71. The number of ether oxygens (including phenoxy) is 3. The number of carbonyl (C=O) groups is 4. The number of piperazine rings is 1. The van der Waals surface area contributed by atoms with Crippen LogP contribution in [-0.2, 0) is 25.6 Å². The Morgan fingerprint density at radius 3 is 2.12 bits per heavy atom. The van der Waals surface area contributed by atoms with E-state index in [4.69, 9.17) is 14.2 Å². The minimum atomic E-state index is -1.14. The van der Waals surface area contributed by atoms with E-state index in [1.54, 1.807) is 23.6 Å². The molecule has 0 saturated carbocycles. The molecule has 1 N–H and O–H groups in total. The summed E-state index contributed by atoms with van der Waals surface area (Å²) in [6.07, 6.45) is 0.703. The van der Waals surface area contributed by atoms with Gasteiger partial charge in [-0.3, -0.25) is 9.59 Å². The molecule has 2 aromatic rings. The van der Waals surface area contributed by atoms with Crippen molar-refractivity contribution in [2.45, 2.75) is 91.6 Å². The summed E-state index contributed by atoms with van der Waals surface area (Å²) in [5.41, 5.74) is -0.435. The second-order valence-corrected chi connectivity index (χ2v) is 16.9. The zero-order valence-electron chi connectivity index (χ0n) is 32.0. The van der Waals surface area contributed by atoms with Gasteiger partial charge in [0.15, 0.2) is 5.60 Å². The lowest BCUT2D eigenvalue weighted by Gasteiger charge is -2.39. The van der Waals surface area contributed by atoms with Crippen LogP contribution in [0.25, 0.3) is 0 Å². The Labute approximate surface area is 317 Å². The number of piperidine rings is 1. The average Bonchev–Trinajstić information content (AvgIpc) is 3.06. The fraction of sp³-hybridized carbons (Fsp3) is 0.590. The van der Waals surface area contributed by atoms with E-state index in [1.165, 1.54) is 0 Å². The van der Waals surface area contributed by atoms with Crippen molar-refractivity contribution in [1.29, 1.82) is 0 Å². The minimum Gasteiger partial charge on any atom is -0.478 e. The van der Waals surface area contributed by atoms with Gasteiger partial charge in [-0.15, -0.1) is 0 Å². The van der Waals surface area contributed by atoms with Crippen LogP contribution in [0.4, 0.5) is 15.3 Å². The van der Waals surface area contributed by atoms with Crippen molar-refractivity contribution < 1.29 is 33.4 Å². The summed E-state index contributed by atoms with van der Waals surface area (Å²) >= 11 is 3.48. The summed E-state index contributed by atoms with van der Waals surface area (Å²) in [5.74, 6) is 0.191. The number of carbonyl (C=O) groups excluding carboxylic acids is 4. The Balaban J connectivity index is 1.38. The second-order valence-electron chi connectivity index (χ2n) is 16.0. The number of hydrogen-bond donors (Lipinski definition) is 1. The second kappa shape index (κ2) is 17.2. The molecule has 2 aliphatic rings. The van der Waals surface area contributed by atoms with Gasteiger partial charge in [-0.2, -0.15) is 0 Å². The number of amides is 4. The molecule has 1 atom stereocenters. The van der Waals surface area contributed by atoms with Crippen LogP contribution in [0.15, 0.2) is 53.0 Å². The van der Waals surface area contributed by atoms with Crippen LogP contribution < -0.4 is 15.0 Å². The highest BCUT2D eigenvalue weighted by Gasteiger charge is 2.37. The number of anilines is 1. The van der Waals surface area contributed by atoms with Gasteiger partial charge < -0.3 is 39.1 Å². The number of halogens is 1. The van der Waals surface area contributed by atoms with E-state index in [0.717, 1.165) is 35.1 Å². The predicted molar refractivity (Wildman–Crippen MR) is 204 cm³/mol. The summed E-state index contributed by atoms with van der Waals surface area (Å²) in [4.78, 5) is 59.9. The summed E-state index contributed by atoms with van der Waals surface area (Å²) < 4.78 is 18.2. The Morgan fingerprint density at radius 1 is 0.846 bits per heavy atom. The third kappa shape index (κ3) is 12.3. The summed E-state index contributed by atoms with van der Waals surface area (Å²) in [6.45, 7) is 18.4. The van der Waals surface area contributed by atoms with E-state index in [9.17, 15) is 19.2 Å². The highest BCUT2D eigenvalue weighted by atomic mass is 79.9. The molecule has 2 heterocycles. The molecule has 0 aromatic heterocycles. The van der Waals surface area contributed by atoms with Gasteiger partial charge in [0.1, 0.15) is 17.0 Å². The van der Waals surface area contributed by atoms with Crippen LogP contribution in [0.3, 0.4) is 0 Å². The molecule has 0 radical (unpaired) electrons. The molecule has 2 fully saturated rings. The van der Waals surface area contributed by atoms with E-state index >= 15 is 0 Å². The molecule has 286 valence electrons. The van der Waals surface area contributed by atoms with Gasteiger partial charge >= 0.3 is 12.2 Å². The molecular formula is C39H56BrN5O7. The van der Waals surface area contributed by atoms with Gasteiger partial charge in [-0.05, 0) is 98.1 Å². The Morgan fingerprint density at radius 2 is 1.48 bits per heavy atom. The summed E-state index contributed by atoms with van der Waals surface area (Å²) in [7, 11) is 0. The zero-order valence-corrected chi connectivity index (χ0v) is 33.6. The van der Waals surface area contributed by atoms with Gasteiger partial charge in [-0.25, -0.2) is 9.59 Å². The van der Waals surface area contributed by atoms with Crippen molar-refractivity contribution in [2.75, 3.05) is 57.3 Å². The monoisotopic (exact) mass is 785 g/mol. The molecule has 0 unspecified atom stereocenters. The van der Waals surface area contributed by atoms with Gasteiger partial charge in [0.2, 0.25) is 5.91 Å². The van der Waals surface area contributed by atoms with Crippen LogP contribution in [0.1, 0.15) is 73.8 Å². The molecule has 4 rings (SSSR count). The number of rotatable bonds is 10. The number of nitrogens with one attached hydrogen (secondary N) is 1. The van der Waals surface area contributed by atoms with Crippen LogP contribution in [0.2, 0.25) is 0 Å². The normalized spacial score (nSPS) is 16.9. The topological polar surface area (TPSA) is 121 Å². The Kier molecular flexibility index (Phi) is 13.5. The number of hydrogen-bond acceptors (Lipinski definition) is 8. The van der Waals surface area contributed by atoms with Gasteiger partial charge in [0, 0.05) is 75.1 Å². The van der Waals surface area contributed by atoms with E-state index in [-0.39, 0.29) is 30.4 Å². The van der Waals surface area contributed by atoms with Crippen molar-refractivity contribution in [3.63, 3.8) is 0 Å². The molecule has 0 spiro atoms. The lowest BCUT2D eigenvalue weighted by Crippen LogP contribution is -2.57. The van der Waals surface area contributed by atoms with E-state index in [1.807, 2.05) is 95.0 Å². The van der Waals surface area contributed by atoms with Crippen molar-refractivity contribution in [3.8, 4) is 5.75 Å². The standard InChI is InChI=1S/C39H56BrN5O7/c1-37(2,3)51-35(48)41-18-20-45(26-28-14-16-30(40)17-15-28)33(46)29-11-10-19-44(27-29)31-12-9-13-32(25-31)50-39(7,8)34(47)42-21-23-43(24-22-42)36(49)52-38(4,5)6/h9,12-17,25,29H,10-11,18-24,26-27H2,1-8H3,(H,41,48)/t29-/m1/s1. The number of alkyl carbamates (subject to hydrolysis) is 1. The van der Waals surface area contributed by atoms with E-state index < -0.39 is 22.9 Å². The van der Waals surface area contributed by atoms with E-state index in [2.05, 4.69) is 26.1 Å². The van der Waals surface area contributed by atoms with E-state index in [0.29, 0.717) is 51.6 Å². The van der Waals surface area contributed by atoms with Crippen molar-refractivity contribution in [1.82, 2.24) is 20.0 Å². The van der Waals surface area contributed by atoms with Crippen LogP contribution in [0, 0.1) is 5.92 Å². The maximum atomic E-state index is 14.1. The van der Waals surface area contributed by atoms with Crippen molar-refractivity contribution >= 4 is 45.6 Å². The van der Waals surface area contributed by atoms with Gasteiger partial charge in [0.05, 0.1) is 5.92 Å². The largest absolute Gasteiger partial charge is 0.478 e. The summed E-state index contributed by atoms with van der Waals surface area (Å²) in [5, 5.41) is 2.79. The molecule has 0 bridgehead atoms. The predicted octanol–water partition coefficient (Wildman–Crippen LogP) is 6.46. The fourth-order valence-corrected chi connectivity index (χ4v) is 6.50. The first kappa shape index (κ1) is 40.8. The molecule has 12 nitrogen and oxygen atoms in total. The maximum Gasteiger partial charge on any atom is 0.410 e. The smallest absolute Gasteiger partial charge is 0.410 e. The van der Waals surface area contributed by atoms with Crippen molar-refractivity contribution in [3.05, 3.63) is 58.6 Å². The van der Waals surface area contributed by atoms with Crippen LogP contribution in [-0.4, -0.2) is 108 Å². The highest BCUT2D eigenvalue weighted by Crippen LogP contribution is 2.30. The SMILES string of the molecule is CC(C)(C)OC(=O)NCCN(Cc1ccc(Br)cc1)C(=O)[C@@H]1CCCN(c2cccc(OC(C)(C)C(=O)N3CCN(C(=O)OC(C)(C)C)CC3)c2)C1. The van der Waals surface area contributed by atoms with Gasteiger partial charge in [0.25, 0.3) is 5.91 Å². The van der Waals surface area contributed by atoms with Gasteiger partial charge in [-0.1, -0.05) is 34.1 Å². The zero-order chi connectivity index (χ0) is 38.3. The third-order valence-corrected chi connectivity index (χ3v) is 9.24. The molecule has 2 aliphatic heterocycles. The number of nitrogens with zero attached hydrogens (tertiary/aromatic N) is 4. The quantitative estimate of drug-likeness (QED) is 0.292. The molecule has 4 amide bonds. The minimum absolute atomic E-state index is 0.0320. The van der Waals surface area contributed by atoms with Crippen LogP contribution in [0.5, 0.6) is 5.75 Å². The first-order valence-electron chi connectivity index (χ1n) is 18.1. The lowest BCUT2D eigenvalue weighted by molar-refractivity contribution is -0.147. The molecule has 2 saturated heterocycles.